The molecule has 0 aliphatic rings. The molecule has 0 saturated heterocycles. The van der Waals surface area contributed by atoms with E-state index >= 15 is 0 Å². The van der Waals surface area contributed by atoms with Gasteiger partial charge < -0.3 is 33.8 Å². The zero-order valence-corrected chi connectivity index (χ0v) is 51.8. The molecule has 0 aromatic heterocycles. The summed E-state index contributed by atoms with van der Waals surface area (Å²) in [4.78, 5) is 71.5. The molecule has 464 valence electrons. The van der Waals surface area contributed by atoms with Crippen LogP contribution in [0.2, 0.25) is 0 Å². The molecule has 0 fully saturated rings. The molecule has 5 atom stereocenters. The number of allylic oxidation sites excluding steroid dienone is 4. The van der Waals surface area contributed by atoms with Crippen LogP contribution in [0, 0.1) is 5.92 Å². The molecule has 19 heteroatoms. The molecule has 0 amide bonds. The lowest BCUT2D eigenvalue weighted by Gasteiger charge is -2.21. The second-order valence-corrected chi connectivity index (χ2v) is 24.4. The Morgan fingerprint density at radius 1 is 0.392 bits per heavy atom. The van der Waals surface area contributed by atoms with Gasteiger partial charge in [-0.25, -0.2) is 9.13 Å². The predicted molar refractivity (Wildman–Crippen MR) is 312 cm³/mol. The van der Waals surface area contributed by atoms with E-state index in [9.17, 15) is 43.2 Å². The van der Waals surface area contributed by atoms with Gasteiger partial charge in [-0.15, -0.1) is 0 Å². The summed E-state index contributed by atoms with van der Waals surface area (Å²) in [6.07, 6.45) is 39.2. The average molecular weight is 1170 g/mol. The molecule has 0 aliphatic carbocycles. The molecule has 0 bridgehead atoms. The second kappa shape index (κ2) is 53.5. The third-order valence-corrected chi connectivity index (χ3v) is 15.1. The number of carbonyl (C=O) groups excluding carboxylic acids is 4. The third-order valence-electron chi connectivity index (χ3n) is 13.2. The van der Waals surface area contributed by atoms with E-state index in [1.165, 1.54) is 77.0 Å². The van der Waals surface area contributed by atoms with Crippen molar-refractivity contribution in [2.24, 2.45) is 5.92 Å². The fourth-order valence-corrected chi connectivity index (χ4v) is 9.91. The van der Waals surface area contributed by atoms with E-state index in [1.54, 1.807) is 0 Å². The first kappa shape index (κ1) is 76.5. The molecular formula is C60H112O17P2. The summed E-state index contributed by atoms with van der Waals surface area (Å²) in [5.74, 6) is -1.42. The van der Waals surface area contributed by atoms with Gasteiger partial charge >= 0.3 is 39.5 Å². The molecule has 2 unspecified atom stereocenters. The number of aliphatic hydroxyl groups is 1. The van der Waals surface area contributed by atoms with Gasteiger partial charge in [-0.05, 0) is 57.3 Å². The number of aliphatic hydroxyl groups excluding tert-OH is 1. The molecule has 0 saturated carbocycles. The Morgan fingerprint density at radius 3 is 1.04 bits per heavy atom. The van der Waals surface area contributed by atoms with Crippen molar-refractivity contribution < 1.29 is 80.2 Å². The first-order valence-corrected chi connectivity index (χ1v) is 33.9. The van der Waals surface area contributed by atoms with E-state index in [1.807, 2.05) is 0 Å². The molecule has 0 heterocycles. The second-order valence-electron chi connectivity index (χ2n) is 21.5. The van der Waals surface area contributed by atoms with Gasteiger partial charge in [0.25, 0.3) is 0 Å². The van der Waals surface area contributed by atoms with Crippen LogP contribution in [0.5, 0.6) is 0 Å². The molecular weight excluding hydrogens is 1050 g/mol. The van der Waals surface area contributed by atoms with E-state index < -0.39 is 97.5 Å². The molecule has 0 aromatic rings. The predicted octanol–water partition coefficient (Wildman–Crippen LogP) is 15.8. The summed E-state index contributed by atoms with van der Waals surface area (Å²) in [7, 11) is -9.87. The van der Waals surface area contributed by atoms with Crippen LogP contribution in [0.4, 0.5) is 0 Å². The van der Waals surface area contributed by atoms with Crippen molar-refractivity contribution in [3.63, 3.8) is 0 Å². The van der Waals surface area contributed by atoms with Crippen LogP contribution in [-0.2, 0) is 65.4 Å². The van der Waals surface area contributed by atoms with Gasteiger partial charge in [0.05, 0.1) is 26.4 Å². The molecule has 0 radical (unpaired) electrons. The summed E-state index contributed by atoms with van der Waals surface area (Å²) < 4.78 is 67.4. The van der Waals surface area contributed by atoms with Gasteiger partial charge in [0.1, 0.15) is 19.3 Å². The van der Waals surface area contributed by atoms with Crippen molar-refractivity contribution >= 4 is 39.5 Å². The number of hydrogen-bond donors (Lipinski definition) is 3. The molecule has 79 heavy (non-hydrogen) atoms. The molecule has 0 aliphatic heterocycles. The lowest BCUT2D eigenvalue weighted by atomic mass is 10.0. The Morgan fingerprint density at radius 2 is 0.684 bits per heavy atom. The highest BCUT2D eigenvalue weighted by atomic mass is 31.2. The van der Waals surface area contributed by atoms with Crippen LogP contribution >= 0.6 is 15.6 Å². The van der Waals surface area contributed by atoms with Gasteiger partial charge in [0.15, 0.2) is 12.2 Å². The Labute approximate surface area is 478 Å². The normalized spacial score (nSPS) is 14.5. The van der Waals surface area contributed by atoms with Crippen LogP contribution in [0.1, 0.15) is 272 Å². The SMILES string of the molecule is CCCCCC/C=C\C=C/CCCCCCCC(=O)O[C@H](COC(=O)CCCCCCCCCCCCCC(C)C)COP(=O)(O)OC[C@@H](O)COP(=O)(O)OC[C@@H](COC(=O)CCCCCCC)OC(=O)CCCCCCC. The van der Waals surface area contributed by atoms with Crippen LogP contribution in [0.15, 0.2) is 24.3 Å². The Kier molecular flexibility index (Phi) is 51.9. The van der Waals surface area contributed by atoms with Crippen molar-refractivity contribution in [2.75, 3.05) is 39.6 Å². The Bertz CT molecular complexity index is 1640. The minimum absolute atomic E-state index is 0.0846. The van der Waals surface area contributed by atoms with E-state index in [2.05, 4.69) is 58.9 Å². The lowest BCUT2D eigenvalue weighted by molar-refractivity contribution is -0.161. The number of unbranched alkanes of at least 4 members (excludes halogenated alkanes) is 27. The number of ether oxygens (including phenoxy) is 4. The lowest BCUT2D eigenvalue weighted by Crippen LogP contribution is -2.30. The van der Waals surface area contributed by atoms with Crippen LogP contribution < -0.4 is 0 Å². The quantitative estimate of drug-likeness (QED) is 0.0169. The highest BCUT2D eigenvalue weighted by Gasteiger charge is 2.30. The molecule has 0 aromatic carbocycles. The maximum absolute atomic E-state index is 12.9. The fourth-order valence-electron chi connectivity index (χ4n) is 8.33. The minimum atomic E-state index is -4.95. The monoisotopic (exact) mass is 1170 g/mol. The van der Waals surface area contributed by atoms with Crippen LogP contribution in [0.3, 0.4) is 0 Å². The number of phosphoric ester groups is 2. The summed E-state index contributed by atoms with van der Waals surface area (Å²) >= 11 is 0. The van der Waals surface area contributed by atoms with Crippen LogP contribution in [0.25, 0.3) is 0 Å². The first-order valence-electron chi connectivity index (χ1n) is 31.0. The zero-order valence-electron chi connectivity index (χ0n) is 50.0. The summed E-state index contributed by atoms with van der Waals surface area (Å²) in [5, 5.41) is 10.5. The first-order chi connectivity index (χ1) is 38.0. The van der Waals surface area contributed by atoms with Gasteiger partial charge in [-0.2, -0.15) is 0 Å². The van der Waals surface area contributed by atoms with Crippen molar-refractivity contribution in [3.05, 3.63) is 24.3 Å². The van der Waals surface area contributed by atoms with E-state index in [-0.39, 0.29) is 25.7 Å². The Hall–Kier alpha value is -2.46. The number of carbonyl (C=O) groups is 4. The minimum Gasteiger partial charge on any atom is -0.462 e. The number of rotatable bonds is 58. The molecule has 17 nitrogen and oxygen atoms in total. The van der Waals surface area contributed by atoms with Crippen molar-refractivity contribution in [1.82, 2.24) is 0 Å². The topological polar surface area (TPSA) is 237 Å². The summed E-state index contributed by atoms with van der Waals surface area (Å²) in [5.41, 5.74) is 0. The standard InChI is InChI=1S/C60H112O17P2/c1-6-9-12-15-16-17-18-19-20-21-24-28-31-36-41-46-60(65)77-56(50-71-58(63)44-39-35-30-27-25-22-23-26-29-34-37-42-53(4)5)52-75-79(68,69)73-48-54(61)47-72-78(66,67)74-51-55(76-59(64)45-40-33-14-11-8-3)49-70-57(62)43-38-32-13-10-7-2/h17-20,53-56,61H,6-16,21-52H2,1-5H3,(H,66,67)(H,68,69)/b18-17-,20-19-/t54-,55+,56+/m0/s1. The van der Waals surface area contributed by atoms with Gasteiger partial charge in [0, 0.05) is 25.7 Å². The smallest absolute Gasteiger partial charge is 0.462 e. The molecule has 3 N–H and O–H groups in total. The largest absolute Gasteiger partial charge is 0.472 e. The highest BCUT2D eigenvalue weighted by Crippen LogP contribution is 2.45. The van der Waals surface area contributed by atoms with Crippen molar-refractivity contribution in [2.45, 2.75) is 291 Å². The van der Waals surface area contributed by atoms with Crippen molar-refractivity contribution in [3.8, 4) is 0 Å². The Balaban J connectivity index is 5.17. The number of phosphoric acid groups is 2. The number of esters is 4. The number of hydrogen-bond acceptors (Lipinski definition) is 15. The van der Waals surface area contributed by atoms with Crippen molar-refractivity contribution in [1.29, 1.82) is 0 Å². The van der Waals surface area contributed by atoms with Gasteiger partial charge in [0.2, 0.25) is 0 Å². The van der Waals surface area contributed by atoms with E-state index in [4.69, 9.17) is 37.0 Å². The van der Waals surface area contributed by atoms with Gasteiger partial charge in [-0.3, -0.25) is 37.3 Å². The maximum atomic E-state index is 12.9. The highest BCUT2D eigenvalue weighted by molar-refractivity contribution is 7.47. The van der Waals surface area contributed by atoms with E-state index in [0.29, 0.717) is 25.7 Å². The third kappa shape index (κ3) is 54.5. The summed E-state index contributed by atoms with van der Waals surface area (Å²) in [6, 6.07) is 0. The molecule has 0 rings (SSSR count). The zero-order chi connectivity index (χ0) is 58.5. The molecule has 0 spiro atoms. The van der Waals surface area contributed by atoms with E-state index in [0.717, 1.165) is 115 Å². The fraction of sp³-hybridized carbons (Fsp3) is 0.867. The summed E-state index contributed by atoms with van der Waals surface area (Å²) in [6.45, 7) is 6.91. The average Bonchev–Trinajstić information content (AvgIpc) is 3.41. The van der Waals surface area contributed by atoms with Gasteiger partial charge in [-0.1, -0.05) is 219 Å². The maximum Gasteiger partial charge on any atom is 0.472 e. The van der Waals surface area contributed by atoms with Crippen LogP contribution in [-0.4, -0.2) is 96.7 Å².